The van der Waals surface area contributed by atoms with E-state index in [2.05, 4.69) is 22.6 Å². The van der Waals surface area contributed by atoms with Gasteiger partial charge in [0.15, 0.2) is 0 Å². The van der Waals surface area contributed by atoms with Crippen molar-refractivity contribution in [3.8, 4) is 0 Å². The van der Waals surface area contributed by atoms with Crippen LogP contribution in [0.5, 0.6) is 0 Å². The van der Waals surface area contributed by atoms with Gasteiger partial charge < -0.3 is 0 Å². The maximum atomic E-state index is 13.4. The van der Waals surface area contributed by atoms with Crippen molar-refractivity contribution in [2.45, 2.75) is 12.3 Å². The fourth-order valence-corrected chi connectivity index (χ4v) is 3.44. The minimum Gasteiger partial charge on any atom is -0.207 e. The van der Waals surface area contributed by atoms with Crippen LogP contribution in [0.1, 0.15) is 22.1 Å². The second-order valence-electron chi connectivity index (χ2n) is 4.15. The third-order valence-electron chi connectivity index (χ3n) is 2.78. The van der Waals surface area contributed by atoms with E-state index in [1.807, 2.05) is 6.07 Å². The lowest BCUT2D eigenvalue weighted by Gasteiger charge is -2.15. The highest BCUT2D eigenvalue weighted by molar-refractivity contribution is 14.1. The quantitative estimate of drug-likeness (QED) is 0.384. The molecule has 2 aromatic rings. The molecule has 0 amide bonds. The molecule has 0 spiro atoms. The average molecular weight is 429 g/mol. The smallest absolute Gasteiger partial charge is 0.127 e. The van der Waals surface area contributed by atoms with E-state index in [0.29, 0.717) is 21.2 Å². The Morgan fingerprint density at radius 3 is 2.47 bits per heavy atom. The number of alkyl halides is 1. The number of hydrogen-bond acceptors (Lipinski definition) is 0. The zero-order valence-corrected chi connectivity index (χ0v) is 14.3. The summed E-state index contributed by atoms with van der Waals surface area (Å²) in [5.74, 6) is -0.335. The van der Waals surface area contributed by atoms with Crippen molar-refractivity contribution in [2.24, 2.45) is 0 Å². The monoisotopic (exact) mass is 428 g/mol. The largest absolute Gasteiger partial charge is 0.207 e. The molecule has 2 rings (SSSR count). The molecule has 0 saturated carbocycles. The molecule has 0 heterocycles. The van der Waals surface area contributed by atoms with E-state index < -0.39 is 5.38 Å². The summed E-state index contributed by atoms with van der Waals surface area (Å²) in [6.45, 7) is 1.68. The van der Waals surface area contributed by atoms with Gasteiger partial charge in [0.2, 0.25) is 0 Å². The summed E-state index contributed by atoms with van der Waals surface area (Å²) in [7, 11) is 0. The molecule has 19 heavy (non-hydrogen) atoms. The van der Waals surface area contributed by atoms with Gasteiger partial charge in [-0.05, 0) is 76.5 Å². The van der Waals surface area contributed by atoms with Crippen LogP contribution in [-0.2, 0) is 0 Å². The lowest BCUT2D eigenvalue weighted by Crippen LogP contribution is -1.99. The van der Waals surface area contributed by atoms with Crippen LogP contribution in [0.2, 0.25) is 10.0 Å². The summed E-state index contributed by atoms with van der Waals surface area (Å²) in [6.07, 6.45) is 0. The van der Waals surface area contributed by atoms with Gasteiger partial charge in [-0.2, -0.15) is 0 Å². The molecule has 0 N–H and O–H groups in total. The zero-order valence-electron chi connectivity index (χ0n) is 9.85. The minimum absolute atomic E-state index is 0.318. The normalized spacial score (nSPS) is 12.5. The van der Waals surface area contributed by atoms with Gasteiger partial charge >= 0.3 is 0 Å². The van der Waals surface area contributed by atoms with E-state index in [0.717, 1.165) is 9.13 Å². The summed E-state index contributed by atoms with van der Waals surface area (Å²) < 4.78 is 14.4. The van der Waals surface area contributed by atoms with Crippen LogP contribution < -0.4 is 0 Å². The number of hydrogen-bond donors (Lipinski definition) is 0. The predicted molar refractivity (Wildman–Crippen MR) is 88.0 cm³/mol. The fourth-order valence-electron chi connectivity index (χ4n) is 1.75. The Bertz CT molecular complexity index is 628. The predicted octanol–water partition coefficient (Wildman–Crippen LogP) is 6.37. The molecular weight excluding hydrogens is 420 g/mol. The van der Waals surface area contributed by atoms with Gasteiger partial charge in [0.05, 0.1) is 5.38 Å². The molecule has 0 aliphatic rings. The molecule has 5 heteroatoms. The SMILES string of the molecule is Cc1cc(C(Cl)c2cc(Cl)ccc2I)c(Cl)cc1F. The van der Waals surface area contributed by atoms with Crippen LogP contribution in [0.25, 0.3) is 0 Å². The van der Waals surface area contributed by atoms with Crippen LogP contribution >= 0.6 is 57.4 Å². The zero-order chi connectivity index (χ0) is 14.2. The lowest BCUT2D eigenvalue weighted by molar-refractivity contribution is 0.618. The first-order chi connectivity index (χ1) is 8.90. The number of aryl methyl sites for hydroxylation is 1. The second kappa shape index (κ2) is 6.17. The first-order valence-electron chi connectivity index (χ1n) is 5.44. The van der Waals surface area contributed by atoms with Crippen LogP contribution in [0.3, 0.4) is 0 Å². The molecule has 1 atom stereocenters. The van der Waals surface area contributed by atoms with E-state index >= 15 is 0 Å². The summed E-state index contributed by atoms with van der Waals surface area (Å²) >= 11 is 20.7. The van der Waals surface area contributed by atoms with Crippen LogP contribution in [0, 0.1) is 16.3 Å². The molecule has 1 unspecified atom stereocenters. The molecule has 0 aromatic heterocycles. The minimum atomic E-state index is -0.461. The molecule has 2 aromatic carbocycles. The number of benzene rings is 2. The molecule has 0 radical (unpaired) electrons. The maximum Gasteiger partial charge on any atom is 0.127 e. The maximum absolute atomic E-state index is 13.4. The third-order valence-corrected chi connectivity index (χ3v) is 4.80. The Kier molecular flexibility index (Phi) is 4.99. The summed E-state index contributed by atoms with van der Waals surface area (Å²) in [6, 6.07) is 8.45. The third kappa shape index (κ3) is 3.35. The highest BCUT2D eigenvalue weighted by atomic mass is 127. The van der Waals surface area contributed by atoms with Gasteiger partial charge in [0.1, 0.15) is 5.82 Å². The average Bonchev–Trinajstić information content (AvgIpc) is 2.36. The Morgan fingerprint density at radius 2 is 1.79 bits per heavy atom. The van der Waals surface area contributed by atoms with Crippen molar-refractivity contribution in [1.82, 2.24) is 0 Å². The standard InChI is InChI=1S/C14H9Cl3FI/c1-7-4-9(11(16)6-12(7)18)14(17)10-5-8(15)2-3-13(10)19/h2-6,14H,1H3. The Labute approximate surface area is 140 Å². The first kappa shape index (κ1) is 15.4. The van der Waals surface area contributed by atoms with Crippen molar-refractivity contribution < 1.29 is 4.39 Å². The van der Waals surface area contributed by atoms with Gasteiger partial charge in [0.25, 0.3) is 0 Å². The van der Waals surface area contributed by atoms with Crippen LogP contribution in [0.15, 0.2) is 30.3 Å². The van der Waals surface area contributed by atoms with Crippen molar-refractivity contribution in [3.63, 3.8) is 0 Å². The Morgan fingerprint density at radius 1 is 1.11 bits per heavy atom. The molecular formula is C14H9Cl3FI. The van der Waals surface area contributed by atoms with E-state index in [1.54, 1.807) is 25.1 Å². The van der Waals surface area contributed by atoms with Gasteiger partial charge in [0, 0.05) is 13.6 Å². The molecule has 0 fully saturated rings. The highest BCUT2D eigenvalue weighted by Crippen LogP contribution is 2.37. The highest BCUT2D eigenvalue weighted by Gasteiger charge is 2.18. The van der Waals surface area contributed by atoms with Crippen LogP contribution in [0.4, 0.5) is 4.39 Å². The topological polar surface area (TPSA) is 0 Å². The van der Waals surface area contributed by atoms with Crippen molar-refractivity contribution >= 4 is 57.4 Å². The molecule has 0 aliphatic carbocycles. The van der Waals surface area contributed by atoms with Gasteiger partial charge in [-0.3, -0.25) is 0 Å². The molecule has 100 valence electrons. The summed E-state index contributed by atoms with van der Waals surface area (Å²) in [5, 5.41) is 0.465. The number of rotatable bonds is 2. The molecule has 0 aliphatic heterocycles. The van der Waals surface area contributed by atoms with Gasteiger partial charge in [-0.1, -0.05) is 23.2 Å². The van der Waals surface area contributed by atoms with E-state index in [4.69, 9.17) is 34.8 Å². The van der Waals surface area contributed by atoms with E-state index in [-0.39, 0.29) is 5.82 Å². The van der Waals surface area contributed by atoms with Crippen molar-refractivity contribution in [1.29, 1.82) is 0 Å². The second-order valence-corrected chi connectivity index (χ2v) is 6.59. The molecule has 0 nitrogen and oxygen atoms in total. The van der Waals surface area contributed by atoms with Gasteiger partial charge in [-0.15, -0.1) is 11.6 Å². The first-order valence-corrected chi connectivity index (χ1v) is 7.72. The molecule has 0 bridgehead atoms. The lowest BCUT2D eigenvalue weighted by atomic mass is 10.0. The number of halogens is 5. The van der Waals surface area contributed by atoms with Crippen LogP contribution in [-0.4, -0.2) is 0 Å². The summed E-state index contributed by atoms with van der Waals surface area (Å²) in [4.78, 5) is 0. The molecule has 0 saturated heterocycles. The van der Waals surface area contributed by atoms with Gasteiger partial charge in [-0.25, -0.2) is 4.39 Å². The summed E-state index contributed by atoms with van der Waals surface area (Å²) in [5.41, 5.74) is 2.06. The van der Waals surface area contributed by atoms with Crippen molar-refractivity contribution in [2.75, 3.05) is 0 Å². The fraction of sp³-hybridized carbons (Fsp3) is 0.143. The van der Waals surface area contributed by atoms with E-state index in [9.17, 15) is 4.39 Å². The van der Waals surface area contributed by atoms with E-state index in [1.165, 1.54) is 6.07 Å². The Hall–Kier alpha value is -0.0300. The Balaban J connectivity index is 2.52. The van der Waals surface area contributed by atoms with Crippen molar-refractivity contribution in [3.05, 3.63) is 66.5 Å².